The number of aliphatic carboxylic acids is 1. The van der Waals surface area contributed by atoms with E-state index in [2.05, 4.69) is 29.5 Å². The van der Waals surface area contributed by atoms with Crippen LogP contribution in [-0.4, -0.2) is 29.1 Å². The highest BCUT2D eigenvalue weighted by Gasteiger charge is 2.24. The quantitative estimate of drug-likeness (QED) is 0.749. The first-order valence-electron chi connectivity index (χ1n) is 5.45. The Kier molecular flexibility index (Phi) is 3.09. The molecule has 81 valence electrons. The van der Waals surface area contributed by atoms with Gasteiger partial charge in [0.25, 0.3) is 0 Å². The Morgan fingerprint density at radius 2 is 2.13 bits per heavy atom. The van der Waals surface area contributed by atoms with Crippen molar-refractivity contribution in [1.29, 1.82) is 0 Å². The maximum absolute atomic E-state index is 10.8. The number of carboxylic acids is 1. The first kappa shape index (κ1) is 10.3. The lowest BCUT2D eigenvalue weighted by Crippen LogP contribution is -2.35. The summed E-state index contributed by atoms with van der Waals surface area (Å²) in [6, 6.07) is 0. The summed E-state index contributed by atoms with van der Waals surface area (Å²) in [4.78, 5) is 13.1. The largest absolute Gasteiger partial charge is 0.481 e. The molecule has 2 aliphatic rings. The molecule has 3 nitrogen and oxygen atoms in total. The van der Waals surface area contributed by atoms with Gasteiger partial charge in [-0.15, -0.1) is 0 Å². The minimum absolute atomic E-state index is 0.138. The van der Waals surface area contributed by atoms with Crippen molar-refractivity contribution < 1.29 is 9.90 Å². The van der Waals surface area contributed by atoms with E-state index in [9.17, 15) is 4.79 Å². The van der Waals surface area contributed by atoms with Crippen LogP contribution in [0.4, 0.5) is 0 Å². The van der Waals surface area contributed by atoms with E-state index < -0.39 is 5.97 Å². The van der Waals surface area contributed by atoms with Gasteiger partial charge >= 0.3 is 5.97 Å². The van der Waals surface area contributed by atoms with Gasteiger partial charge in [-0.25, -0.2) is 0 Å². The molecular weight excluding hydrogens is 190 g/mol. The van der Waals surface area contributed by atoms with Gasteiger partial charge in [0.1, 0.15) is 0 Å². The third-order valence-corrected chi connectivity index (χ3v) is 3.08. The van der Waals surface area contributed by atoms with Gasteiger partial charge in [0.05, 0.1) is 5.92 Å². The molecule has 0 aromatic carbocycles. The Morgan fingerprint density at radius 3 is 2.67 bits per heavy atom. The molecule has 0 unspecified atom stereocenters. The number of allylic oxidation sites excluding steroid dienone is 3. The zero-order valence-electron chi connectivity index (χ0n) is 8.72. The number of hydrogen-bond donors (Lipinski definition) is 1. The van der Waals surface area contributed by atoms with Gasteiger partial charge in [-0.3, -0.25) is 4.79 Å². The summed E-state index contributed by atoms with van der Waals surface area (Å²) < 4.78 is 0. The SMILES string of the molecule is O=C(O)C1CCN(C2=CC[CH]C=C2)CC1. The number of carbonyl (C=O) groups is 1. The number of rotatable bonds is 2. The topological polar surface area (TPSA) is 40.5 Å². The molecular formula is C12H16NO2. The molecule has 0 aromatic rings. The van der Waals surface area contributed by atoms with Crippen LogP contribution in [0.5, 0.6) is 0 Å². The Labute approximate surface area is 90.1 Å². The van der Waals surface area contributed by atoms with Crippen molar-refractivity contribution in [3.05, 3.63) is 30.3 Å². The maximum Gasteiger partial charge on any atom is 0.306 e. The van der Waals surface area contributed by atoms with Gasteiger partial charge in [-0.1, -0.05) is 12.2 Å². The van der Waals surface area contributed by atoms with Crippen LogP contribution in [0.1, 0.15) is 19.3 Å². The predicted molar refractivity (Wildman–Crippen MR) is 58.1 cm³/mol. The molecule has 1 heterocycles. The van der Waals surface area contributed by atoms with Gasteiger partial charge in [0.15, 0.2) is 0 Å². The second-order valence-corrected chi connectivity index (χ2v) is 4.06. The number of carboxylic acid groups (broad SMARTS) is 1. The fourth-order valence-corrected chi connectivity index (χ4v) is 2.12. The van der Waals surface area contributed by atoms with Crippen LogP contribution in [0.3, 0.4) is 0 Å². The minimum atomic E-state index is -0.642. The zero-order chi connectivity index (χ0) is 10.7. The highest BCUT2D eigenvalue weighted by Crippen LogP contribution is 2.22. The molecule has 0 aromatic heterocycles. The summed E-state index contributed by atoms with van der Waals surface area (Å²) in [5.41, 5.74) is 1.25. The first-order chi connectivity index (χ1) is 7.27. The molecule has 0 atom stereocenters. The van der Waals surface area contributed by atoms with Crippen LogP contribution in [0.15, 0.2) is 23.9 Å². The van der Waals surface area contributed by atoms with E-state index in [1.165, 1.54) is 5.70 Å². The highest BCUT2D eigenvalue weighted by molar-refractivity contribution is 5.70. The number of hydrogen-bond acceptors (Lipinski definition) is 2. The second-order valence-electron chi connectivity index (χ2n) is 4.06. The van der Waals surface area contributed by atoms with Gasteiger partial charge < -0.3 is 10.0 Å². The maximum atomic E-state index is 10.8. The summed E-state index contributed by atoms with van der Waals surface area (Å²) in [6.45, 7) is 1.74. The van der Waals surface area contributed by atoms with E-state index in [0.29, 0.717) is 0 Å². The Morgan fingerprint density at radius 1 is 1.40 bits per heavy atom. The molecule has 1 fully saturated rings. The van der Waals surface area contributed by atoms with Crippen LogP contribution < -0.4 is 0 Å². The van der Waals surface area contributed by atoms with Gasteiger partial charge in [0.2, 0.25) is 0 Å². The number of piperidine rings is 1. The Bertz CT molecular complexity index is 299. The molecule has 1 aliphatic carbocycles. The monoisotopic (exact) mass is 206 g/mol. The fourth-order valence-electron chi connectivity index (χ4n) is 2.12. The predicted octanol–water partition coefficient (Wildman–Crippen LogP) is 1.83. The lowest BCUT2D eigenvalue weighted by molar-refractivity contribution is -0.143. The fraction of sp³-hybridized carbons (Fsp3) is 0.500. The standard InChI is InChI=1S/C12H16NO2/c14-12(15)10-6-8-13(9-7-10)11-4-2-1-3-5-11/h1-2,4-5,10H,3,6-9H2,(H,14,15). The third-order valence-electron chi connectivity index (χ3n) is 3.08. The molecule has 1 N–H and O–H groups in total. The van der Waals surface area contributed by atoms with Crippen molar-refractivity contribution in [3.63, 3.8) is 0 Å². The molecule has 1 radical (unpaired) electrons. The summed E-state index contributed by atoms with van der Waals surface area (Å²) in [5.74, 6) is -0.780. The van der Waals surface area contributed by atoms with Crippen LogP contribution in [0, 0.1) is 12.3 Å². The normalized spacial score (nSPS) is 22.7. The molecule has 15 heavy (non-hydrogen) atoms. The molecule has 0 spiro atoms. The minimum Gasteiger partial charge on any atom is -0.481 e. The molecule has 1 saturated heterocycles. The van der Waals surface area contributed by atoms with Gasteiger partial charge in [-0.05, 0) is 31.8 Å². The summed E-state index contributed by atoms with van der Waals surface area (Å²) >= 11 is 0. The Balaban J connectivity index is 1.90. The molecule has 3 heteroatoms. The average Bonchev–Trinajstić information content (AvgIpc) is 2.30. The van der Waals surface area contributed by atoms with Crippen molar-refractivity contribution in [3.8, 4) is 0 Å². The van der Waals surface area contributed by atoms with Crippen molar-refractivity contribution in [1.82, 2.24) is 4.90 Å². The van der Waals surface area contributed by atoms with E-state index in [0.717, 1.165) is 32.4 Å². The summed E-state index contributed by atoms with van der Waals surface area (Å²) in [6.07, 6.45) is 11.0. The molecule has 0 bridgehead atoms. The van der Waals surface area contributed by atoms with E-state index >= 15 is 0 Å². The zero-order valence-corrected chi connectivity index (χ0v) is 8.72. The molecule has 2 rings (SSSR count). The van der Waals surface area contributed by atoms with Crippen molar-refractivity contribution >= 4 is 5.97 Å². The van der Waals surface area contributed by atoms with E-state index in [1.54, 1.807) is 0 Å². The summed E-state index contributed by atoms with van der Waals surface area (Å²) in [5, 5.41) is 8.88. The van der Waals surface area contributed by atoms with E-state index in [1.807, 2.05) is 0 Å². The van der Waals surface area contributed by atoms with Crippen LogP contribution in [-0.2, 0) is 4.79 Å². The van der Waals surface area contributed by atoms with Crippen molar-refractivity contribution in [2.45, 2.75) is 19.3 Å². The smallest absolute Gasteiger partial charge is 0.306 e. The molecule has 0 saturated carbocycles. The lowest BCUT2D eigenvalue weighted by atomic mass is 9.96. The Hall–Kier alpha value is -1.25. The van der Waals surface area contributed by atoms with Crippen molar-refractivity contribution in [2.75, 3.05) is 13.1 Å². The van der Waals surface area contributed by atoms with Crippen LogP contribution in [0.2, 0.25) is 0 Å². The van der Waals surface area contributed by atoms with Crippen molar-refractivity contribution in [2.24, 2.45) is 5.92 Å². The van der Waals surface area contributed by atoms with Crippen LogP contribution in [0.25, 0.3) is 0 Å². The number of likely N-dealkylation sites (tertiary alicyclic amines) is 1. The average molecular weight is 206 g/mol. The highest BCUT2D eigenvalue weighted by atomic mass is 16.4. The number of nitrogens with zero attached hydrogens (tertiary/aromatic N) is 1. The van der Waals surface area contributed by atoms with Crippen LogP contribution >= 0.6 is 0 Å². The lowest BCUT2D eigenvalue weighted by Gasteiger charge is -2.33. The van der Waals surface area contributed by atoms with Gasteiger partial charge in [-0.2, -0.15) is 0 Å². The molecule has 0 amide bonds. The van der Waals surface area contributed by atoms with Gasteiger partial charge in [0, 0.05) is 18.8 Å². The summed E-state index contributed by atoms with van der Waals surface area (Å²) in [7, 11) is 0. The van der Waals surface area contributed by atoms with E-state index in [4.69, 9.17) is 5.11 Å². The first-order valence-corrected chi connectivity index (χ1v) is 5.45. The molecule has 1 aliphatic heterocycles. The third kappa shape index (κ3) is 2.41. The second kappa shape index (κ2) is 4.51. The van der Waals surface area contributed by atoms with E-state index in [-0.39, 0.29) is 5.92 Å².